The maximum Gasteiger partial charge on any atom is 0.234 e. The van der Waals surface area contributed by atoms with Crippen LogP contribution in [0.2, 0.25) is 0 Å². The molecule has 1 N–H and O–H groups in total. The van der Waals surface area contributed by atoms with E-state index < -0.39 is 0 Å². The van der Waals surface area contributed by atoms with Crippen LogP contribution in [0.25, 0.3) is 17.2 Å². The molecule has 0 spiro atoms. The van der Waals surface area contributed by atoms with Gasteiger partial charge in [-0.1, -0.05) is 41.6 Å². The molecule has 2 aromatic carbocycles. The normalized spacial score (nSPS) is 13.3. The number of carbonyl (C=O) groups is 2. The van der Waals surface area contributed by atoms with Gasteiger partial charge in [0.25, 0.3) is 0 Å². The monoisotopic (exact) mass is 498 g/mol. The molecule has 0 radical (unpaired) electrons. The van der Waals surface area contributed by atoms with Crippen LogP contribution >= 0.6 is 11.8 Å². The predicted molar refractivity (Wildman–Crippen MR) is 141 cm³/mol. The Morgan fingerprint density at radius 2 is 1.94 bits per heavy atom. The third-order valence-electron chi connectivity index (χ3n) is 5.97. The highest BCUT2D eigenvalue weighted by Crippen LogP contribution is 2.29. The zero-order valence-corrected chi connectivity index (χ0v) is 21.0. The number of anilines is 2. The number of amides is 2. The molecule has 1 fully saturated rings. The van der Waals surface area contributed by atoms with Crippen molar-refractivity contribution in [3.05, 3.63) is 78.0 Å². The Bertz CT molecular complexity index is 1420. The van der Waals surface area contributed by atoms with E-state index in [0.717, 1.165) is 28.9 Å². The van der Waals surface area contributed by atoms with E-state index in [1.807, 2.05) is 66.1 Å². The number of rotatable bonds is 7. The lowest BCUT2D eigenvalue weighted by Gasteiger charge is -2.17. The van der Waals surface area contributed by atoms with Crippen molar-refractivity contribution < 1.29 is 9.59 Å². The minimum absolute atomic E-state index is 0.114. The first-order chi connectivity index (χ1) is 17.5. The van der Waals surface area contributed by atoms with Crippen molar-refractivity contribution >= 4 is 35.0 Å². The van der Waals surface area contributed by atoms with Crippen molar-refractivity contribution in [1.29, 1.82) is 0 Å². The molecule has 0 unspecified atom stereocenters. The second-order valence-corrected chi connectivity index (χ2v) is 9.63. The summed E-state index contributed by atoms with van der Waals surface area (Å²) in [6, 6.07) is 19.2. The van der Waals surface area contributed by atoms with E-state index in [0.29, 0.717) is 35.3 Å². The van der Waals surface area contributed by atoms with E-state index >= 15 is 0 Å². The highest BCUT2D eigenvalue weighted by atomic mass is 32.2. The van der Waals surface area contributed by atoms with Crippen molar-refractivity contribution in [2.24, 2.45) is 0 Å². The molecule has 3 heterocycles. The molecule has 1 aliphatic rings. The summed E-state index contributed by atoms with van der Waals surface area (Å²) < 4.78 is 1.95. The molecule has 4 aromatic rings. The summed E-state index contributed by atoms with van der Waals surface area (Å²) in [6.45, 7) is 4.81. The van der Waals surface area contributed by atoms with E-state index in [1.165, 1.54) is 11.8 Å². The molecule has 2 aromatic heterocycles. The van der Waals surface area contributed by atoms with Crippen molar-refractivity contribution in [3.8, 4) is 17.2 Å². The van der Waals surface area contributed by atoms with E-state index in [9.17, 15) is 9.59 Å². The van der Waals surface area contributed by atoms with Gasteiger partial charge in [-0.05, 0) is 62.2 Å². The molecule has 182 valence electrons. The molecule has 0 atom stereocenters. The van der Waals surface area contributed by atoms with Gasteiger partial charge in [0.05, 0.1) is 11.4 Å². The molecule has 0 bridgehead atoms. The zero-order chi connectivity index (χ0) is 25.1. The summed E-state index contributed by atoms with van der Waals surface area (Å²) in [6.07, 6.45) is 3.14. The van der Waals surface area contributed by atoms with E-state index in [4.69, 9.17) is 0 Å². The average molecular weight is 499 g/mol. The van der Waals surface area contributed by atoms with Crippen molar-refractivity contribution in [3.63, 3.8) is 0 Å². The number of pyridine rings is 1. The molecule has 36 heavy (non-hydrogen) atoms. The standard InChI is InChI=1S/C27H26N6O2S/c1-18-11-12-23(19(2)15-18)33-26(22-9-3-4-13-28-22)30-31-27(33)36-17-24(34)29-20-7-5-8-21(16-20)32-14-6-10-25(32)35/h3-5,7-9,11-13,15-16H,6,10,14,17H2,1-2H3,(H,29,34). The van der Waals surface area contributed by atoms with Gasteiger partial charge in [-0.25, -0.2) is 0 Å². The van der Waals surface area contributed by atoms with Gasteiger partial charge in [-0.2, -0.15) is 0 Å². The maximum absolute atomic E-state index is 12.8. The molecule has 1 aliphatic heterocycles. The summed E-state index contributed by atoms with van der Waals surface area (Å²) in [5.74, 6) is 0.717. The van der Waals surface area contributed by atoms with E-state index in [2.05, 4.69) is 33.5 Å². The van der Waals surface area contributed by atoms with Gasteiger partial charge in [0.1, 0.15) is 5.69 Å². The van der Waals surface area contributed by atoms with Crippen LogP contribution in [-0.4, -0.2) is 43.9 Å². The molecule has 0 aliphatic carbocycles. The third-order valence-corrected chi connectivity index (χ3v) is 6.90. The first-order valence-electron chi connectivity index (χ1n) is 11.8. The predicted octanol–water partition coefficient (Wildman–Crippen LogP) is 4.80. The number of nitrogens with zero attached hydrogens (tertiary/aromatic N) is 5. The first kappa shape index (κ1) is 23.7. The van der Waals surface area contributed by atoms with Crippen LogP contribution < -0.4 is 10.2 Å². The number of carbonyl (C=O) groups excluding carboxylic acids is 2. The molecule has 5 rings (SSSR count). The molecular weight excluding hydrogens is 472 g/mol. The Balaban J connectivity index is 1.36. The lowest BCUT2D eigenvalue weighted by molar-refractivity contribution is -0.117. The number of nitrogens with one attached hydrogen (secondary N) is 1. The molecule has 0 saturated carbocycles. The third kappa shape index (κ3) is 5.01. The Kier molecular flexibility index (Phi) is 6.81. The Labute approximate surface area is 213 Å². The van der Waals surface area contributed by atoms with Gasteiger partial charge in [0.15, 0.2) is 11.0 Å². The fraction of sp³-hybridized carbons (Fsp3) is 0.222. The molecule has 1 saturated heterocycles. The number of hydrogen-bond donors (Lipinski definition) is 1. The SMILES string of the molecule is Cc1ccc(-n2c(SCC(=O)Nc3cccc(N4CCCC4=O)c3)nnc2-c2ccccn2)c(C)c1. The van der Waals surface area contributed by atoms with Gasteiger partial charge in [0, 0.05) is 30.5 Å². The van der Waals surface area contributed by atoms with Crippen LogP contribution in [0.3, 0.4) is 0 Å². The smallest absolute Gasteiger partial charge is 0.234 e. The zero-order valence-electron chi connectivity index (χ0n) is 20.1. The molecule has 8 nitrogen and oxygen atoms in total. The van der Waals surface area contributed by atoms with Gasteiger partial charge in [-0.3, -0.25) is 19.1 Å². The van der Waals surface area contributed by atoms with Crippen LogP contribution in [-0.2, 0) is 9.59 Å². The Morgan fingerprint density at radius 1 is 1.06 bits per heavy atom. The number of aromatic nitrogens is 4. The second kappa shape index (κ2) is 10.3. The van der Waals surface area contributed by atoms with Crippen molar-refractivity contribution in [2.45, 2.75) is 31.8 Å². The van der Waals surface area contributed by atoms with Crippen LogP contribution in [0.1, 0.15) is 24.0 Å². The van der Waals surface area contributed by atoms with E-state index in [-0.39, 0.29) is 17.6 Å². The summed E-state index contributed by atoms with van der Waals surface area (Å²) in [4.78, 5) is 31.1. The van der Waals surface area contributed by atoms with Crippen LogP contribution in [0.5, 0.6) is 0 Å². The second-order valence-electron chi connectivity index (χ2n) is 8.68. The fourth-order valence-corrected chi connectivity index (χ4v) is 5.04. The largest absolute Gasteiger partial charge is 0.325 e. The van der Waals surface area contributed by atoms with Gasteiger partial charge in [0.2, 0.25) is 11.8 Å². The number of hydrogen-bond acceptors (Lipinski definition) is 6. The van der Waals surface area contributed by atoms with Crippen LogP contribution in [0.15, 0.2) is 72.0 Å². The fourth-order valence-electron chi connectivity index (χ4n) is 4.30. The Morgan fingerprint density at radius 3 is 2.69 bits per heavy atom. The summed E-state index contributed by atoms with van der Waals surface area (Å²) in [5, 5.41) is 12.4. The summed E-state index contributed by atoms with van der Waals surface area (Å²) >= 11 is 1.31. The quantitative estimate of drug-likeness (QED) is 0.368. The summed E-state index contributed by atoms with van der Waals surface area (Å²) in [5.41, 5.74) is 5.34. The van der Waals surface area contributed by atoms with Gasteiger partial charge in [-0.15, -0.1) is 10.2 Å². The number of aryl methyl sites for hydroxylation is 2. The van der Waals surface area contributed by atoms with Crippen LogP contribution in [0, 0.1) is 13.8 Å². The lowest BCUT2D eigenvalue weighted by atomic mass is 10.1. The van der Waals surface area contributed by atoms with Gasteiger partial charge >= 0.3 is 0 Å². The van der Waals surface area contributed by atoms with E-state index in [1.54, 1.807) is 11.1 Å². The Hall–Kier alpha value is -3.98. The van der Waals surface area contributed by atoms with Gasteiger partial charge < -0.3 is 10.2 Å². The van der Waals surface area contributed by atoms with Crippen LogP contribution in [0.4, 0.5) is 11.4 Å². The minimum atomic E-state index is -0.167. The van der Waals surface area contributed by atoms with Crippen molar-refractivity contribution in [2.75, 3.05) is 22.5 Å². The lowest BCUT2D eigenvalue weighted by Crippen LogP contribution is -2.23. The first-order valence-corrected chi connectivity index (χ1v) is 12.8. The minimum Gasteiger partial charge on any atom is -0.325 e. The van der Waals surface area contributed by atoms with Crippen molar-refractivity contribution in [1.82, 2.24) is 19.7 Å². The molecular formula is C27H26N6O2S. The topological polar surface area (TPSA) is 93.0 Å². The maximum atomic E-state index is 12.8. The number of thioether (sulfide) groups is 1. The average Bonchev–Trinajstić information content (AvgIpc) is 3.50. The summed E-state index contributed by atoms with van der Waals surface area (Å²) in [7, 11) is 0. The molecule has 2 amide bonds. The highest BCUT2D eigenvalue weighted by Gasteiger charge is 2.22. The molecule has 9 heteroatoms. The number of benzene rings is 2. The highest BCUT2D eigenvalue weighted by molar-refractivity contribution is 7.99.